The minimum absolute atomic E-state index is 0.00206. The molecule has 2 heterocycles. The highest BCUT2D eigenvalue weighted by molar-refractivity contribution is 5.77. The lowest BCUT2D eigenvalue weighted by Crippen LogP contribution is -2.24. The summed E-state index contributed by atoms with van der Waals surface area (Å²) in [5, 5.41) is 2.50. The highest BCUT2D eigenvalue weighted by Crippen LogP contribution is 2.18. The van der Waals surface area contributed by atoms with Gasteiger partial charge in [-0.15, -0.1) is 0 Å². The summed E-state index contributed by atoms with van der Waals surface area (Å²) in [6.45, 7) is 1.91. The third-order valence-electron chi connectivity index (χ3n) is 2.21. The van der Waals surface area contributed by atoms with Crippen molar-refractivity contribution in [2.75, 3.05) is 13.7 Å². The number of fused-ring (bicyclic) bond motifs is 1. The van der Waals surface area contributed by atoms with Gasteiger partial charge in [-0.05, 0) is 19.1 Å². The van der Waals surface area contributed by atoms with Gasteiger partial charge in [-0.2, -0.15) is 0 Å². The summed E-state index contributed by atoms with van der Waals surface area (Å²) in [5.41, 5.74) is 1.64. The predicted molar refractivity (Wildman–Crippen MR) is 59.5 cm³/mol. The number of carbonyl (C=O) groups is 1. The molecule has 5 heteroatoms. The molecule has 2 aromatic heterocycles. The fourth-order valence-corrected chi connectivity index (χ4v) is 1.44. The first-order chi connectivity index (χ1) is 7.70. The van der Waals surface area contributed by atoms with Crippen molar-refractivity contribution in [3.63, 3.8) is 0 Å². The van der Waals surface area contributed by atoms with Gasteiger partial charge in [0.15, 0.2) is 18.0 Å². The lowest BCUT2D eigenvalue weighted by Gasteiger charge is -2.05. The maximum atomic E-state index is 11.1. The summed E-state index contributed by atoms with van der Waals surface area (Å²) in [6, 6.07) is 3.65. The Hall–Kier alpha value is -2.04. The molecule has 5 nitrogen and oxygen atoms in total. The largest absolute Gasteiger partial charge is 0.480 e. The molecule has 0 aromatic carbocycles. The molecule has 2 aromatic rings. The fraction of sp³-hybridized carbons (Fsp3) is 0.273. The Morgan fingerprint density at radius 2 is 2.44 bits per heavy atom. The normalized spacial score (nSPS) is 10.4. The van der Waals surface area contributed by atoms with E-state index in [4.69, 9.17) is 4.74 Å². The first kappa shape index (κ1) is 10.5. The van der Waals surface area contributed by atoms with E-state index in [-0.39, 0.29) is 12.5 Å². The molecule has 0 atom stereocenters. The van der Waals surface area contributed by atoms with Gasteiger partial charge in [0.1, 0.15) is 0 Å². The smallest absolute Gasteiger partial charge is 0.257 e. The molecule has 1 amide bonds. The van der Waals surface area contributed by atoms with Crippen LogP contribution in [0, 0.1) is 6.92 Å². The topological polar surface area (TPSA) is 55.6 Å². The second-order valence-electron chi connectivity index (χ2n) is 3.45. The van der Waals surface area contributed by atoms with Crippen LogP contribution in [0.1, 0.15) is 5.69 Å². The lowest BCUT2D eigenvalue weighted by atomic mass is 10.4. The molecule has 0 fully saturated rings. The first-order valence-electron chi connectivity index (χ1n) is 4.98. The van der Waals surface area contributed by atoms with Crippen molar-refractivity contribution < 1.29 is 9.53 Å². The SMILES string of the molecule is CNC(=O)COc1cccn2cc(C)nc12. The van der Waals surface area contributed by atoms with Crippen LogP contribution in [0.25, 0.3) is 5.65 Å². The van der Waals surface area contributed by atoms with Crippen LogP contribution in [-0.4, -0.2) is 28.9 Å². The molecule has 0 saturated heterocycles. The zero-order valence-electron chi connectivity index (χ0n) is 9.23. The summed E-state index contributed by atoms with van der Waals surface area (Å²) < 4.78 is 7.26. The summed E-state index contributed by atoms with van der Waals surface area (Å²) in [4.78, 5) is 15.4. The zero-order chi connectivity index (χ0) is 11.5. The van der Waals surface area contributed by atoms with Crippen molar-refractivity contribution in [1.29, 1.82) is 0 Å². The average molecular weight is 219 g/mol. The summed E-state index contributed by atoms with van der Waals surface area (Å²) in [5.74, 6) is 0.449. The maximum absolute atomic E-state index is 11.1. The number of ether oxygens (including phenoxy) is 1. The van der Waals surface area contributed by atoms with Gasteiger partial charge in [0, 0.05) is 19.4 Å². The first-order valence-corrected chi connectivity index (χ1v) is 4.98. The Labute approximate surface area is 93.1 Å². The van der Waals surface area contributed by atoms with E-state index < -0.39 is 0 Å². The fourth-order valence-electron chi connectivity index (χ4n) is 1.44. The molecule has 16 heavy (non-hydrogen) atoms. The van der Waals surface area contributed by atoms with Crippen LogP contribution >= 0.6 is 0 Å². The van der Waals surface area contributed by atoms with E-state index in [9.17, 15) is 4.79 Å². The van der Waals surface area contributed by atoms with Crippen molar-refractivity contribution in [3.8, 4) is 5.75 Å². The van der Waals surface area contributed by atoms with E-state index in [0.717, 1.165) is 11.3 Å². The molecule has 2 rings (SSSR count). The quantitative estimate of drug-likeness (QED) is 0.829. The second kappa shape index (κ2) is 4.22. The van der Waals surface area contributed by atoms with Crippen LogP contribution in [0.2, 0.25) is 0 Å². The Morgan fingerprint density at radius 1 is 1.62 bits per heavy atom. The van der Waals surface area contributed by atoms with Crippen molar-refractivity contribution in [2.45, 2.75) is 6.92 Å². The number of likely N-dealkylation sites (N-methyl/N-ethyl adjacent to an activating group) is 1. The van der Waals surface area contributed by atoms with Gasteiger partial charge in [0.25, 0.3) is 5.91 Å². The average Bonchev–Trinajstić information content (AvgIpc) is 2.66. The van der Waals surface area contributed by atoms with Crippen LogP contribution in [-0.2, 0) is 4.79 Å². The number of carbonyl (C=O) groups excluding carboxylic acids is 1. The maximum Gasteiger partial charge on any atom is 0.257 e. The number of amides is 1. The van der Waals surface area contributed by atoms with E-state index in [1.807, 2.05) is 29.8 Å². The van der Waals surface area contributed by atoms with Gasteiger partial charge in [0.05, 0.1) is 5.69 Å². The number of aromatic nitrogens is 2. The highest BCUT2D eigenvalue weighted by Gasteiger charge is 2.06. The molecule has 1 N–H and O–H groups in total. The molecule has 0 spiro atoms. The number of hydrogen-bond acceptors (Lipinski definition) is 3. The summed E-state index contributed by atoms with van der Waals surface area (Å²) in [6.07, 6.45) is 3.80. The molecule has 0 aliphatic heterocycles. The highest BCUT2D eigenvalue weighted by atomic mass is 16.5. The summed E-state index contributed by atoms with van der Waals surface area (Å²) >= 11 is 0. The van der Waals surface area contributed by atoms with E-state index in [2.05, 4.69) is 10.3 Å². The van der Waals surface area contributed by atoms with Crippen molar-refractivity contribution in [2.24, 2.45) is 0 Å². The van der Waals surface area contributed by atoms with Gasteiger partial charge in [-0.3, -0.25) is 4.79 Å². The molecule has 0 aliphatic carbocycles. The van der Waals surface area contributed by atoms with Crippen LogP contribution in [0.4, 0.5) is 0 Å². The summed E-state index contributed by atoms with van der Waals surface area (Å²) in [7, 11) is 1.58. The number of imidazole rings is 1. The number of nitrogens with zero attached hydrogens (tertiary/aromatic N) is 2. The lowest BCUT2D eigenvalue weighted by molar-refractivity contribution is -0.122. The third-order valence-corrected chi connectivity index (χ3v) is 2.21. The van der Waals surface area contributed by atoms with Gasteiger partial charge >= 0.3 is 0 Å². The monoisotopic (exact) mass is 219 g/mol. The van der Waals surface area contributed by atoms with E-state index in [1.54, 1.807) is 13.1 Å². The molecule has 0 radical (unpaired) electrons. The van der Waals surface area contributed by atoms with E-state index in [1.165, 1.54) is 0 Å². The standard InChI is InChI=1S/C11H13N3O2/c1-8-6-14-5-3-4-9(11(14)13-8)16-7-10(15)12-2/h3-6H,7H2,1-2H3,(H,12,15). The van der Waals surface area contributed by atoms with Gasteiger partial charge in [-0.1, -0.05) is 0 Å². The molecular weight excluding hydrogens is 206 g/mol. The number of aryl methyl sites for hydroxylation is 1. The minimum Gasteiger partial charge on any atom is -0.480 e. The third kappa shape index (κ3) is 1.98. The van der Waals surface area contributed by atoms with Crippen molar-refractivity contribution >= 4 is 11.6 Å². The number of pyridine rings is 1. The Morgan fingerprint density at radius 3 is 3.19 bits per heavy atom. The van der Waals surface area contributed by atoms with Gasteiger partial charge in [-0.25, -0.2) is 4.98 Å². The number of rotatable bonds is 3. The molecular formula is C11H13N3O2. The van der Waals surface area contributed by atoms with Crippen LogP contribution < -0.4 is 10.1 Å². The number of hydrogen-bond donors (Lipinski definition) is 1. The molecule has 84 valence electrons. The predicted octanol–water partition coefficient (Wildman–Crippen LogP) is 0.768. The minimum atomic E-state index is -0.162. The van der Waals surface area contributed by atoms with E-state index >= 15 is 0 Å². The van der Waals surface area contributed by atoms with E-state index in [0.29, 0.717) is 5.75 Å². The zero-order valence-corrected chi connectivity index (χ0v) is 9.23. The molecule has 0 saturated carbocycles. The molecule has 0 bridgehead atoms. The Bertz CT molecular complexity index is 519. The van der Waals surface area contributed by atoms with Crippen LogP contribution in [0.15, 0.2) is 24.5 Å². The Kier molecular flexibility index (Phi) is 2.76. The molecule has 0 aliphatic rings. The number of nitrogens with one attached hydrogen (secondary N) is 1. The van der Waals surface area contributed by atoms with Crippen LogP contribution in [0.3, 0.4) is 0 Å². The van der Waals surface area contributed by atoms with Crippen LogP contribution in [0.5, 0.6) is 5.75 Å². The van der Waals surface area contributed by atoms with Gasteiger partial charge < -0.3 is 14.5 Å². The molecule has 0 unspecified atom stereocenters. The van der Waals surface area contributed by atoms with Crippen molar-refractivity contribution in [1.82, 2.24) is 14.7 Å². The Balaban J connectivity index is 2.26. The van der Waals surface area contributed by atoms with Gasteiger partial charge in [0.2, 0.25) is 0 Å². The second-order valence-corrected chi connectivity index (χ2v) is 3.45. The van der Waals surface area contributed by atoms with Crippen molar-refractivity contribution in [3.05, 3.63) is 30.2 Å².